The normalized spacial score (nSPS) is 48.7. The van der Waals surface area contributed by atoms with Crippen LogP contribution < -0.4 is 0 Å². The van der Waals surface area contributed by atoms with E-state index in [0.717, 1.165) is 12.8 Å². The second-order valence-electron chi connectivity index (χ2n) is 8.36. The van der Waals surface area contributed by atoms with E-state index >= 15 is 0 Å². The molecule has 4 rings (SSSR count). The molecule has 26 heavy (non-hydrogen) atoms. The largest absolute Gasteiger partial charge is 0.382 e. The first-order valence-corrected chi connectivity index (χ1v) is 9.86. The fourth-order valence-corrected chi connectivity index (χ4v) is 5.96. The predicted molar refractivity (Wildman–Crippen MR) is 97.4 cm³/mol. The first kappa shape index (κ1) is 20.5. The molecule has 8 atom stereocenters. The zero-order valence-corrected chi connectivity index (χ0v) is 17.2. The average molecular weight is 373 g/mol. The molecule has 0 amide bonds. The van der Waals surface area contributed by atoms with Crippen molar-refractivity contribution in [2.45, 2.75) is 75.1 Å². The van der Waals surface area contributed by atoms with Crippen LogP contribution in [-0.4, -0.2) is 77.3 Å². The topological polar surface area (TPSA) is 55.4 Å². The SMILES string of the molecule is COC[C@@]12CCC([C@H](C)O1)[C@H]2OC.COC[C@]12CCC([C@H](C)O1)[C@@H]2OC. The van der Waals surface area contributed by atoms with E-state index in [1.54, 1.807) is 28.4 Å². The van der Waals surface area contributed by atoms with E-state index in [-0.39, 0.29) is 23.4 Å². The van der Waals surface area contributed by atoms with Gasteiger partial charge in [0.1, 0.15) is 11.2 Å². The summed E-state index contributed by atoms with van der Waals surface area (Å²) >= 11 is 0. The Kier molecular flexibility index (Phi) is 6.32. The van der Waals surface area contributed by atoms with E-state index < -0.39 is 0 Å². The molecule has 0 radical (unpaired) electrons. The summed E-state index contributed by atoms with van der Waals surface area (Å²) < 4.78 is 33.4. The Morgan fingerprint density at radius 1 is 0.731 bits per heavy atom. The predicted octanol–water partition coefficient (Wildman–Crippen LogP) is 2.43. The number of fused-ring (bicyclic) bond motifs is 4. The lowest BCUT2D eigenvalue weighted by Gasteiger charge is -2.30. The molecule has 2 heterocycles. The van der Waals surface area contributed by atoms with Crippen molar-refractivity contribution < 1.29 is 28.4 Å². The molecule has 4 aliphatic rings. The van der Waals surface area contributed by atoms with Crippen LogP contribution in [0.15, 0.2) is 0 Å². The first-order chi connectivity index (χ1) is 12.5. The van der Waals surface area contributed by atoms with Crippen molar-refractivity contribution in [3.05, 3.63) is 0 Å². The summed E-state index contributed by atoms with van der Waals surface area (Å²) in [5.74, 6) is 1.14. The lowest BCUT2D eigenvalue weighted by Crippen LogP contribution is -2.42. The fourth-order valence-electron chi connectivity index (χ4n) is 5.96. The van der Waals surface area contributed by atoms with Crippen molar-refractivity contribution in [1.82, 2.24) is 0 Å². The van der Waals surface area contributed by atoms with Gasteiger partial charge in [-0.05, 0) is 39.5 Å². The minimum Gasteiger partial charge on any atom is -0.382 e. The molecule has 6 heteroatoms. The van der Waals surface area contributed by atoms with Crippen LogP contribution in [0.4, 0.5) is 0 Å². The molecule has 6 nitrogen and oxygen atoms in total. The second kappa shape index (κ2) is 8.02. The van der Waals surface area contributed by atoms with Crippen LogP contribution in [0.1, 0.15) is 39.5 Å². The molecule has 2 aliphatic heterocycles. The molecule has 2 aliphatic carbocycles. The van der Waals surface area contributed by atoms with Gasteiger partial charge in [0, 0.05) is 40.3 Å². The van der Waals surface area contributed by atoms with Crippen LogP contribution in [0.3, 0.4) is 0 Å². The minimum absolute atomic E-state index is 0.145. The number of rotatable bonds is 6. The summed E-state index contributed by atoms with van der Waals surface area (Å²) in [5.41, 5.74) is -0.291. The van der Waals surface area contributed by atoms with E-state index in [4.69, 9.17) is 28.4 Å². The van der Waals surface area contributed by atoms with Crippen LogP contribution in [0.25, 0.3) is 0 Å². The molecule has 4 bridgehead atoms. The van der Waals surface area contributed by atoms with Gasteiger partial charge in [0.05, 0.1) is 37.6 Å². The Hall–Kier alpha value is -0.240. The highest BCUT2D eigenvalue weighted by Gasteiger charge is 2.59. The Morgan fingerprint density at radius 2 is 1.12 bits per heavy atom. The average Bonchev–Trinajstić information content (AvgIpc) is 3.28. The fraction of sp³-hybridized carbons (Fsp3) is 1.00. The van der Waals surface area contributed by atoms with Crippen LogP contribution in [0.2, 0.25) is 0 Å². The third kappa shape index (κ3) is 3.23. The van der Waals surface area contributed by atoms with Crippen molar-refractivity contribution in [2.75, 3.05) is 41.7 Å². The zero-order chi connectivity index (χ0) is 18.9. The van der Waals surface area contributed by atoms with E-state index in [0.29, 0.717) is 37.3 Å². The van der Waals surface area contributed by atoms with Crippen molar-refractivity contribution in [3.8, 4) is 0 Å². The number of hydrogen-bond acceptors (Lipinski definition) is 6. The standard InChI is InChI=1S/2C10H18O3/c2*1-7-8-4-5-10(13-7,6-11-2)9(8)12-3/h2*7-9H,4-6H2,1-3H3/t7-,8?,9+,10+;7-,8?,9-,10-/m00/s1. The second-order valence-corrected chi connectivity index (χ2v) is 8.36. The molecule has 0 aromatic carbocycles. The number of ether oxygens (including phenoxy) is 6. The Balaban J connectivity index is 0.000000151. The van der Waals surface area contributed by atoms with Crippen molar-refractivity contribution in [2.24, 2.45) is 11.8 Å². The van der Waals surface area contributed by atoms with Crippen molar-refractivity contribution >= 4 is 0 Å². The van der Waals surface area contributed by atoms with Gasteiger partial charge in [-0.2, -0.15) is 0 Å². The minimum atomic E-state index is -0.145. The Labute approximate surface area is 157 Å². The van der Waals surface area contributed by atoms with Crippen LogP contribution >= 0.6 is 0 Å². The number of hydrogen-bond donors (Lipinski definition) is 0. The highest BCUT2D eigenvalue weighted by Crippen LogP contribution is 2.50. The van der Waals surface area contributed by atoms with Gasteiger partial charge in [-0.15, -0.1) is 0 Å². The summed E-state index contributed by atoms with van der Waals surface area (Å²) in [6.07, 6.45) is 5.71. The maximum Gasteiger partial charge on any atom is 0.118 e. The van der Waals surface area contributed by atoms with Gasteiger partial charge >= 0.3 is 0 Å². The van der Waals surface area contributed by atoms with Gasteiger partial charge in [0.2, 0.25) is 0 Å². The highest BCUT2D eigenvalue weighted by molar-refractivity contribution is 5.08. The van der Waals surface area contributed by atoms with Gasteiger partial charge in [-0.3, -0.25) is 0 Å². The molecule has 152 valence electrons. The lowest BCUT2D eigenvalue weighted by molar-refractivity contribution is -0.126. The van der Waals surface area contributed by atoms with Crippen LogP contribution in [0.5, 0.6) is 0 Å². The summed E-state index contributed by atoms with van der Waals surface area (Å²) in [6, 6.07) is 0. The molecule has 4 fully saturated rings. The Morgan fingerprint density at radius 3 is 1.38 bits per heavy atom. The third-order valence-electron chi connectivity index (χ3n) is 6.95. The molecular weight excluding hydrogens is 336 g/mol. The smallest absolute Gasteiger partial charge is 0.118 e. The van der Waals surface area contributed by atoms with Gasteiger partial charge in [0.15, 0.2) is 0 Å². The van der Waals surface area contributed by atoms with Crippen LogP contribution in [-0.2, 0) is 28.4 Å². The quantitative estimate of drug-likeness (QED) is 0.714. The van der Waals surface area contributed by atoms with Gasteiger partial charge in [0.25, 0.3) is 0 Å². The molecule has 2 saturated carbocycles. The molecule has 0 N–H and O–H groups in total. The van der Waals surface area contributed by atoms with E-state index in [1.165, 1.54) is 12.8 Å². The van der Waals surface area contributed by atoms with Crippen molar-refractivity contribution in [3.63, 3.8) is 0 Å². The van der Waals surface area contributed by atoms with Gasteiger partial charge in [-0.1, -0.05) is 0 Å². The molecular formula is C20H36O6. The molecule has 0 aromatic heterocycles. The first-order valence-electron chi connectivity index (χ1n) is 9.86. The Bertz CT molecular complexity index is 431. The molecule has 2 unspecified atom stereocenters. The monoisotopic (exact) mass is 372 g/mol. The molecule has 0 aromatic rings. The molecule has 2 saturated heterocycles. The summed E-state index contributed by atoms with van der Waals surface area (Å²) in [7, 11) is 6.99. The van der Waals surface area contributed by atoms with Crippen molar-refractivity contribution in [1.29, 1.82) is 0 Å². The zero-order valence-electron chi connectivity index (χ0n) is 17.2. The van der Waals surface area contributed by atoms with Crippen LogP contribution in [0, 0.1) is 11.8 Å². The highest BCUT2D eigenvalue weighted by atomic mass is 16.6. The van der Waals surface area contributed by atoms with E-state index in [2.05, 4.69) is 13.8 Å². The summed E-state index contributed by atoms with van der Waals surface area (Å²) in [5, 5.41) is 0. The van der Waals surface area contributed by atoms with Gasteiger partial charge in [-0.25, -0.2) is 0 Å². The van der Waals surface area contributed by atoms with E-state index in [9.17, 15) is 0 Å². The summed E-state index contributed by atoms with van der Waals surface area (Å²) in [6.45, 7) is 5.58. The maximum atomic E-state index is 5.94. The lowest BCUT2D eigenvalue weighted by atomic mass is 9.99. The molecule has 0 spiro atoms. The summed E-state index contributed by atoms with van der Waals surface area (Å²) in [4.78, 5) is 0. The number of methoxy groups -OCH3 is 4. The van der Waals surface area contributed by atoms with Gasteiger partial charge < -0.3 is 28.4 Å². The van der Waals surface area contributed by atoms with E-state index in [1.807, 2.05) is 0 Å². The maximum absolute atomic E-state index is 5.94. The third-order valence-corrected chi connectivity index (χ3v) is 6.95.